The first-order valence-corrected chi connectivity index (χ1v) is 16.7. The van der Waals surface area contributed by atoms with Crippen LogP contribution in [0.25, 0.3) is 22.5 Å². The predicted octanol–water partition coefficient (Wildman–Crippen LogP) is 7.85. The van der Waals surface area contributed by atoms with Crippen LogP contribution < -0.4 is 4.74 Å². The quantitative estimate of drug-likeness (QED) is 0.134. The van der Waals surface area contributed by atoms with Gasteiger partial charge in [0.25, 0.3) is 0 Å². The fourth-order valence-corrected chi connectivity index (χ4v) is 4.24. The SMILES string of the molecule is Cc1cc(OCC(C)(C)C(C)C)ncc1-c1ccc(-c2nc(C(F)(F)F)n(COCC[Si](C)(C)C)n2)c(F)c1. The van der Waals surface area contributed by atoms with Crippen LogP contribution in [-0.2, 0) is 17.6 Å². The number of ether oxygens (including phenoxy) is 2. The molecule has 6 nitrogen and oxygen atoms in total. The summed E-state index contributed by atoms with van der Waals surface area (Å²) in [7, 11) is -1.41. The van der Waals surface area contributed by atoms with E-state index < -0.39 is 32.6 Å². The summed E-state index contributed by atoms with van der Waals surface area (Å²) in [5, 5.41) is 3.93. The molecule has 0 aliphatic carbocycles. The summed E-state index contributed by atoms with van der Waals surface area (Å²) < 4.78 is 68.0. The lowest BCUT2D eigenvalue weighted by Gasteiger charge is -2.28. The highest BCUT2D eigenvalue weighted by molar-refractivity contribution is 6.76. The molecule has 0 amide bonds. The van der Waals surface area contributed by atoms with Crippen molar-refractivity contribution in [2.75, 3.05) is 13.2 Å². The van der Waals surface area contributed by atoms with E-state index in [0.717, 1.165) is 11.6 Å². The van der Waals surface area contributed by atoms with Gasteiger partial charge in [0.1, 0.15) is 12.5 Å². The van der Waals surface area contributed by atoms with Crippen molar-refractivity contribution in [3.8, 4) is 28.4 Å². The molecule has 2 aromatic heterocycles. The van der Waals surface area contributed by atoms with Crippen molar-refractivity contribution in [1.82, 2.24) is 19.7 Å². The minimum absolute atomic E-state index is 0.0275. The number of pyridine rings is 1. The maximum absolute atomic E-state index is 15.2. The van der Waals surface area contributed by atoms with Crippen LogP contribution in [0.15, 0.2) is 30.5 Å². The summed E-state index contributed by atoms with van der Waals surface area (Å²) in [5.74, 6) is -1.42. The van der Waals surface area contributed by atoms with Crippen LogP contribution in [0.2, 0.25) is 25.7 Å². The van der Waals surface area contributed by atoms with Gasteiger partial charge in [-0.15, -0.1) is 5.10 Å². The van der Waals surface area contributed by atoms with Gasteiger partial charge in [0.2, 0.25) is 11.7 Å². The van der Waals surface area contributed by atoms with E-state index in [1.807, 2.05) is 6.92 Å². The number of nitrogens with zero attached hydrogens (tertiary/aromatic N) is 4. The lowest BCUT2D eigenvalue weighted by Crippen LogP contribution is -2.27. The van der Waals surface area contributed by atoms with Crippen molar-refractivity contribution in [3.05, 3.63) is 47.7 Å². The summed E-state index contributed by atoms with van der Waals surface area (Å²) in [6.07, 6.45) is -3.16. The fourth-order valence-electron chi connectivity index (χ4n) is 3.49. The van der Waals surface area contributed by atoms with Crippen LogP contribution in [0.4, 0.5) is 17.6 Å². The third-order valence-corrected chi connectivity index (χ3v) is 8.60. The molecule has 0 radical (unpaired) electrons. The van der Waals surface area contributed by atoms with E-state index in [-0.39, 0.29) is 16.8 Å². The standard InChI is InChI=1S/C28H38F4N4O2Si/c1-18(2)27(4,5)16-38-24-13-19(3)22(15-33-24)20-9-10-21(23(29)14-20)25-34-26(28(30,31)32)36(35-25)17-37-11-12-39(6,7)8/h9-10,13-15,18H,11-12,16-17H2,1-8H3. The Balaban J connectivity index is 1.82. The Labute approximate surface area is 228 Å². The molecule has 0 atom stereocenters. The number of aromatic nitrogens is 4. The molecule has 0 aliphatic rings. The van der Waals surface area contributed by atoms with E-state index in [2.05, 4.69) is 62.4 Å². The van der Waals surface area contributed by atoms with Crippen LogP contribution in [0, 0.1) is 24.1 Å². The van der Waals surface area contributed by atoms with E-state index in [4.69, 9.17) is 9.47 Å². The lowest BCUT2D eigenvalue weighted by atomic mass is 9.82. The van der Waals surface area contributed by atoms with Crippen LogP contribution in [-0.4, -0.2) is 41.0 Å². The van der Waals surface area contributed by atoms with Crippen LogP contribution in [0.3, 0.4) is 0 Å². The molecule has 39 heavy (non-hydrogen) atoms. The molecular formula is C28H38F4N4O2Si. The third-order valence-electron chi connectivity index (χ3n) is 6.90. The molecule has 0 unspecified atom stereocenters. The first kappa shape index (κ1) is 30.7. The van der Waals surface area contributed by atoms with Gasteiger partial charge in [0.15, 0.2) is 5.82 Å². The molecule has 0 bridgehead atoms. The zero-order chi connectivity index (χ0) is 29.2. The smallest absolute Gasteiger partial charge is 0.451 e. The van der Waals surface area contributed by atoms with Gasteiger partial charge in [-0.2, -0.15) is 13.2 Å². The minimum Gasteiger partial charge on any atom is -0.477 e. The number of alkyl halides is 3. The van der Waals surface area contributed by atoms with Gasteiger partial charge < -0.3 is 9.47 Å². The van der Waals surface area contributed by atoms with Crippen molar-refractivity contribution in [1.29, 1.82) is 0 Å². The Hall–Kier alpha value is -2.79. The van der Waals surface area contributed by atoms with Crippen molar-refractivity contribution in [3.63, 3.8) is 0 Å². The van der Waals surface area contributed by atoms with Crippen molar-refractivity contribution < 1.29 is 27.0 Å². The Morgan fingerprint density at radius 3 is 2.31 bits per heavy atom. The van der Waals surface area contributed by atoms with Crippen LogP contribution in [0.5, 0.6) is 5.88 Å². The summed E-state index contributed by atoms with van der Waals surface area (Å²) in [4.78, 5) is 7.98. The van der Waals surface area contributed by atoms with Gasteiger partial charge >= 0.3 is 6.18 Å². The average molecular weight is 567 g/mol. The van der Waals surface area contributed by atoms with Crippen LogP contribution in [0.1, 0.15) is 39.1 Å². The molecule has 0 fully saturated rings. The van der Waals surface area contributed by atoms with Gasteiger partial charge in [-0.25, -0.2) is 19.0 Å². The zero-order valence-corrected chi connectivity index (χ0v) is 24.9. The molecule has 3 rings (SSSR count). The number of benzene rings is 1. The second-order valence-electron chi connectivity index (χ2n) is 12.1. The first-order chi connectivity index (χ1) is 18.0. The molecule has 2 heterocycles. The van der Waals surface area contributed by atoms with Gasteiger partial charge in [0, 0.05) is 37.9 Å². The zero-order valence-electron chi connectivity index (χ0n) is 23.9. The second kappa shape index (κ2) is 11.8. The first-order valence-electron chi connectivity index (χ1n) is 13.0. The summed E-state index contributed by atoms with van der Waals surface area (Å²) in [6.45, 7) is 17.2. The number of halogens is 4. The molecule has 3 aromatic rings. The number of hydrogen-bond acceptors (Lipinski definition) is 5. The highest BCUT2D eigenvalue weighted by Crippen LogP contribution is 2.33. The Morgan fingerprint density at radius 1 is 1.05 bits per heavy atom. The number of rotatable bonds is 11. The maximum Gasteiger partial charge on any atom is 0.451 e. The summed E-state index contributed by atoms with van der Waals surface area (Å²) in [5.41, 5.74) is 1.88. The van der Waals surface area contributed by atoms with Crippen molar-refractivity contribution in [2.24, 2.45) is 11.3 Å². The van der Waals surface area contributed by atoms with E-state index >= 15 is 4.39 Å². The van der Waals surface area contributed by atoms with Crippen molar-refractivity contribution >= 4 is 8.07 Å². The molecule has 0 saturated heterocycles. The lowest BCUT2D eigenvalue weighted by molar-refractivity contribution is -0.150. The van der Waals surface area contributed by atoms with E-state index in [1.54, 1.807) is 18.3 Å². The monoisotopic (exact) mass is 566 g/mol. The maximum atomic E-state index is 15.2. The molecule has 11 heteroatoms. The number of hydrogen-bond donors (Lipinski definition) is 0. The van der Waals surface area contributed by atoms with Gasteiger partial charge in [-0.05, 0) is 42.1 Å². The fraction of sp³-hybridized carbons (Fsp3) is 0.536. The highest BCUT2D eigenvalue weighted by atomic mass is 28.3. The highest BCUT2D eigenvalue weighted by Gasteiger charge is 2.38. The topological polar surface area (TPSA) is 62.1 Å². The predicted molar refractivity (Wildman–Crippen MR) is 147 cm³/mol. The molecule has 214 valence electrons. The molecule has 0 N–H and O–H groups in total. The Kier molecular flexibility index (Phi) is 9.26. The minimum atomic E-state index is -4.76. The van der Waals surface area contributed by atoms with Gasteiger partial charge in [-0.3, -0.25) is 0 Å². The summed E-state index contributed by atoms with van der Waals surface area (Å²) >= 11 is 0. The molecular weight excluding hydrogens is 528 g/mol. The van der Waals surface area contributed by atoms with E-state index in [0.29, 0.717) is 40.8 Å². The second-order valence-corrected chi connectivity index (χ2v) is 17.7. The molecule has 0 saturated carbocycles. The number of aryl methyl sites for hydroxylation is 1. The third kappa shape index (κ3) is 8.11. The van der Waals surface area contributed by atoms with E-state index in [9.17, 15) is 13.2 Å². The van der Waals surface area contributed by atoms with Gasteiger partial charge in [-0.1, -0.05) is 53.4 Å². The molecule has 0 spiro atoms. The van der Waals surface area contributed by atoms with Crippen LogP contribution >= 0.6 is 0 Å². The Morgan fingerprint density at radius 2 is 1.74 bits per heavy atom. The Bertz CT molecular complexity index is 1280. The molecule has 1 aromatic carbocycles. The van der Waals surface area contributed by atoms with Gasteiger partial charge in [0.05, 0.1) is 12.2 Å². The summed E-state index contributed by atoms with van der Waals surface area (Å²) in [6, 6.07) is 6.83. The largest absolute Gasteiger partial charge is 0.477 e. The van der Waals surface area contributed by atoms with Crippen molar-refractivity contribution in [2.45, 2.75) is 73.2 Å². The normalized spacial score (nSPS) is 12.8. The average Bonchev–Trinajstić information content (AvgIpc) is 3.24. The van der Waals surface area contributed by atoms with E-state index in [1.165, 1.54) is 12.1 Å². The molecule has 0 aliphatic heterocycles.